The van der Waals surface area contributed by atoms with Gasteiger partial charge in [0.1, 0.15) is 5.75 Å². The Bertz CT molecular complexity index is 1340. The highest BCUT2D eigenvalue weighted by atomic mass is 35.5. The van der Waals surface area contributed by atoms with Crippen LogP contribution in [-0.2, 0) is 5.75 Å². The Balaban J connectivity index is 1.69. The summed E-state index contributed by atoms with van der Waals surface area (Å²) in [6, 6.07) is 14.6. The van der Waals surface area contributed by atoms with Crippen LogP contribution in [0.1, 0.15) is 33.1 Å². The number of hydrogen-bond donors (Lipinski definition) is 1. The van der Waals surface area contributed by atoms with Crippen molar-refractivity contribution in [2.24, 2.45) is 0 Å². The lowest BCUT2D eigenvalue weighted by Gasteiger charge is -2.10. The van der Waals surface area contributed by atoms with Gasteiger partial charge in [-0.1, -0.05) is 40.7 Å². The summed E-state index contributed by atoms with van der Waals surface area (Å²) in [4.78, 5) is 22.2. The fourth-order valence-corrected chi connectivity index (χ4v) is 4.43. The average molecular weight is 495 g/mol. The number of aromatic nitrogens is 5. The van der Waals surface area contributed by atoms with E-state index in [2.05, 4.69) is 25.6 Å². The van der Waals surface area contributed by atoms with Crippen molar-refractivity contribution in [3.8, 4) is 11.4 Å². The summed E-state index contributed by atoms with van der Waals surface area (Å²) in [5, 5.41) is 12.6. The minimum atomic E-state index is -0.380. The van der Waals surface area contributed by atoms with E-state index in [0.717, 1.165) is 17.0 Å². The zero-order valence-corrected chi connectivity index (χ0v) is 20.7. The number of carbonyl (C=O) groups is 1. The molecule has 8 nitrogen and oxygen atoms in total. The molecule has 1 N–H and O–H groups in total. The first-order valence-corrected chi connectivity index (χ1v) is 11.8. The standard InChI is InChI=1S/C24H23ClN6O2S/c1-14-8-9-18(12-20(14)25)31-21(13-34-24-26-15(2)10-16(3)27-24)22(29-30-31)23(32)28-17-6-5-7-19(11-17)33-4/h5-12H,13H2,1-4H3,(H,28,32). The predicted octanol–water partition coefficient (Wildman–Crippen LogP) is 5.19. The Morgan fingerprint density at radius 1 is 1.09 bits per heavy atom. The molecule has 10 heteroatoms. The van der Waals surface area contributed by atoms with E-state index in [1.54, 1.807) is 42.1 Å². The van der Waals surface area contributed by atoms with Crippen LogP contribution in [0.15, 0.2) is 53.7 Å². The Hall–Kier alpha value is -3.43. The van der Waals surface area contributed by atoms with Crippen molar-refractivity contribution >= 4 is 35.0 Å². The number of nitrogens with zero attached hydrogens (tertiary/aromatic N) is 5. The molecule has 0 bridgehead atoms. The van der Waals surface area contributed by atoms with Crippen molar-refractivity contribution in [2.75, 3.05) is 12.4 Å². The SMILES string of the molecule is COc1cccc(NC(=O)c2nnn(-c3ccc(C)c(Cl)c3)c2CSc2nc(C)cc(C)n2)c1. The average Bonchev–Trinajstić information content (AvgIpc) is 3.23. The number of methoxy groups -OCH3 is 1. The van der Waals surface area contributed by atoms with Crippen LogP contribution >= 0.6 is 23.4 Å². The number of rotatable bonds is 7. The zero-order chi connectivity index (χ0) is 24.2. The summed E-state index contributed by atoms with van der Waals surface area (Å²) in [7, 11) is 1.57. The van der Waals surface area contributed by atoms with Crippen LogP contribution in [0.4, 0.5) is 5.69 Å². The largest absolute Gasteiger partial charge is 0.497 e. The summed E-state index contributed by atoms with van der Waals surface area (Å²) >= 11 is 7.76. The van der Waals surface area contributed by atoms with Gasteiger partial charge in [0.2, 0.25) is 0 Å². The predicted molar refractivity (Wildman–Crippen MR) is 133 cm³/mol. The van der Waals surface area contributed by atoms with Crippen molar-refractivity contribution in [3.63, 3.8) is 0 Å². The van der Waals surface area contributed by atoms with Crippen LogP contribution in [0.5, 0.6) is 5.75 Å². The Morgan fingerprint density at radius 3 is 2.56 bits per heavy atom. The third-order valence-corrected chi connectivity index (χ3v) is 6.27. The molecule has 4 aromatic rings. The number of halogens is 1. The summed E-state index contributed by atoms with van der Waals surface area (Å²) in [6.07, 6.45) is 0. The summed E-state index contributed by atoms with van der Waals surface area (Å²) in [6.45, 7) is 5.77. The normalized spacial score (nSPS) is 10.9. The number of nitrogens with one attached hydrogen (secondary N) is 1. The molecule has 34 heavy (non-hydrogen) atoms. The first-order valence-electron chi connectivity index (χ1n) is 10.5. The molecule has 4 rings (SSSR count). The van der Waals surface area contributed by atoms with Gasteiger partial charge in [0.15, 0.2) is 10.9 Å². The topological polar surface area (TPSA) is 94.8 Å². The molecule has 0 aliphatic heterocycles. The maximum absolute atomic E-state index is 13.2. The van der Waals surface area contributed by atoms with Gasteiger partial charge in [-0.15, -0.1) is 5.10 Å². The first kappa shape index (κ1) is 23.7. The van der Waals surface area contributed by atoms with E-state index in [9.17, 15) is 4.79 Å². The quantitative estimate of drug-likeness (QED) is 0.279. The number of aryl methyl sites for hydroxylation is 3. The molecule has 0 unspecified atom stereocenters. The van der Waals surface area contributed by atoms with E-state index in [1.165, 1.54) is 11.8 Å². The highest BCUT2D eigenvalue weighted by Crippen LogP contribution is 2.26. The van der Waals surface area contributed by atoms with Crippen LogP contribution in [0.3, 0.4) is 0 Å². The molecule has 2 aromatic carbocycles. The van der Waals surface area contributed by atoms with Gasteiger partial charge in [-0.3, -0.25) is 4.79 Å². The molecule has 2 heterocycles. The molecular weight excluding hydrogens is 472 g/mol. The lowest BCUT2D eigenvalue weighted by molar-refractivity contribution is 0.102. The van der Waals surface area contributed by atoms with Crippen molar-refractivity contribution in [1.82, 2.24) is 25.0 Å². The Labute approximate surface area is 206 Å². The van der Waals surface area contributed by atoms with Gasteiger partial charge in [0.25, 0.3) is 5.91 Å². The Kier molecular flexibility index (Phi) is 7.14. The lowest BCUT2D eigenvalue weighted by Crippen LogP contribution is -2.15. The van der Waals surface area contributed by atoms with Gasteiger partial charge in [0.05, 0.1) is 18.5 Å². The van der Waals surface area contributed by atoms with Crippen molar-refractivity contribution in [1.29, 1.82) is 0 Å². The van der Waals surface area contributed by atoms with Gasteiger partial charge in [-0.05, 0) is 56.7 Å². The molecule has 1 amide bonds. The molecule has 2 aromatic heterocycles. The molecule has 0 aliphatic carbocycles. The molecule has 174 valence electrons. The highest BCUT2D eigenvalue weighted by molar-refractivity contribution is 7.98. The molecule has 0 atom stereocenters. The molecule has 0 spiro atoms. The third-order valence-electron chi connectivity index (χ3n) is 5.01. The second-order valence-corrected chi connectivity index (χ2v) is 8.99. The fourth-order valence-electron chi connectivity index (χ4n) is 3.31. The number of amides is 1. The van der Waals surface area contributed by atoms with Gasteiger partial charge >= 0.3 is 0 Å². The van der Waals surface area contributed by atoms with Crippen LogP contribution in [0.2, 0.25) is 5.02 Å². The lowest BCUT2D eigenvalue weighted by atomic mass is 10.2. The zero-order valence-electron chi connectivity index (χ0n) is 19.2. The monoisotopic (exact) mass is 494 g/mol. The Morgan fingerprint density at radius 2 is 1.85 bits per heavy atom. The van der Waals surface area contributed by atoms with Crippen LogP contribution in [0, 0.1) is 20.8 Å². The maximum atomic E-state index is 13.2. The maximum Gasteiger partial charge on any atom is 0.278 e. The first-order chi connectivity index (χ1) is 16.3. The molecular formula is C24H23ClN6O2S. The number of benzene rings is 2. The minimum Gasteiger partial charge on any atom is -0.497 e. The second kappa shape index (κ2) is 10.2. The fraction of sp³-hybridized carbons (Fsp3) is 0.208. The van der Waals surface area contributed by atoms with E-state index in [1.807, 2.05) is 39.0 Å². The van der Waals surface area contributed by atoms with Gasteiger partial charge < -0.3 is 10.1 Å². The molecule has 0 saturated heterocycles. The van der Waals surface area contributed by atoms with E-state index in [-0.39, 0.29) is 11.6 Å². The number of thioether (sulfide) groups is 1. The highest BCUT2D eigenvalue weighted by Gasteiger charge is 2.22. The van der Waals surface area contributed by atoms with E-state index in [0.29, 0.717) is 38.8 Å². The summed E-state index contributed by atoms with van der Waals surface area (Å²) < 4.78 is 6.87. The number of carbonyl (C=O) groups excluding carboxylic acids is 1. The minimum absolute atomic E-state index is 0.205. The van der Waals surface area contributed by atoms with Crippen LogP contribution in [-0.4, -0.2) is 38.0 Å². The number of hydrogen-bond acceptors (Lipinski definition) is 7. The number of ether oxygens (including phenoxy) is 1. The molecule has 0 saturated carbocycles. The van der Waals surface area contributed by atoms with Crippen molar-refractivity contribution < 1.29 is 9.53 Å². The van der Waals surface area contributed by atoms with Crippen LogP contribution < -0.4 is 10.1 Å². The van der Waals surface area contributed by atoms with E-state index < -0.39 is 0 Å². The van der Waals surface area contributed by atoms with E-state index >= 15 is 0 Å². The van der Waals surface area contributed by atoms with Gasteiger partial charge in [-0.2, -0.15) is 0 Å². The van der Waals surface area contributed by atoms with Crippen LogP contribution in [0.25, 0.3) is 5.69 Å². The summed E-state index contributed by atoms with van der Waals surface area (Å²) in [5.41, 5.74) is 4.81. The summed E-state index contributed by atoms with van der Waals surface area (Å²) in [5.74, 6) is 0.635. The number of anilines is 1. The smallest absolute Gasteiger partial charge is 0.278 e. The van der Waals surface area contributed by atoms with Crippen molar-refractivity contribution in [3.05, 3.63) is 81.9 Å². The molecule has 0 radical (unpaired) electrons. The van der Waals surface area contributed by atoms with Gasteiger partial charge in [0, 0.05) is 33.9 Å². The van der Waals surface area contributed by atoms with Crippen molar-refractivity contribution in [2.45, 2.75) is 31.7 Å². The second-order valence-electron chi connectivity index (χ2n) is 7.64. The van der Waals surface area contributed by atoms with E-state index in [4.69, 9.17) is 16.3 Å². The van der Waals surface area contributed by atoms with Gasteiger partial charge in [-0.25, -0.2) is 14.6 Å². The molecule has 0 fully saturated rings. The third kappa shape index (κ3) is 5.37. The molecule has 0 aliphatic rings.